The molecule has 2 aromatic carbocycles. The second-order valence-corrected chi connectivity index (χ2v) is 4.99. The number of hydrogen-bond acceptors (Lipinski definition) is 2. The molecule has 0 aliphatic heterocycles. The van der Waals surface area contributed by atoms with Gasteiger partial charge in [-0.2, -0.15) is 5.10 Å². The summed E-state index contributed by atoms with van der Waals surface area (Å²) >= 11 is 5.89. The summed E-state index contributed by atoms with van der Waals surface area (Å²) in [6.07, 6.45) is 1.90. The quantitative estimate of drug-likeness (QED) is 0.798. The maximum absolute atomic E-state index is 6.23. The molecule has 3 nitrogen and oxygen atoms in total. The maximum Gasteiger partial charge on any atom is 0.0841 e. The van der Waals surface area contributed by atoms with Crippen LogP contribution in [0.1, 0.15) is 17.3 Å². The number of halogens is 1. The number of benzene rings is 2. The minimum Gasteiger partial charge on any atom is -0.319 e. The summed E-state index contributed by atoms with van der Waals surface area (Å²) in [5.41, 5.74) is 9.08. The van der Waals surface area contributed by atoms with Gasteiger partial charge in [0.25, 0.3) is 0 Å². The topological polar surface area (TPSA) is 43.8 Å². The highest BCUT2D eigenvalue weighted by Gasteiger charge is 2.11. The van der Waals surface area contributed by atoms with E-state index in [1.54, 1.807) is 4.68 Å². The Kier molecular flexibility index (Phi) is 3.54. The van der Waals surface area contributed by atoms with E-state index < -0.39 is 0 Å². The van der Waals surface area contributed by atoms with E-state index in [0.29, 0.717) is 5.02 Å². The zero-order valence-electron chi connectivity index (χ0n) is 10.8. The Balaban J connectivity index is 1.89. The Labute approximate surface area is 122 Å². The van der Waals surface area contributed by atoms with Crippen LogP contribution in [0.5, 0.6) is 0 Å². The summed E-state index contributed by atoms with van der Waals surface area (Å²) in [6, 6.07) is 19.2. The highest BCUT2D eigenvalue weighted by atomic mass is 35.5. The van der Waals surface area contributed by atoms with Crippen LogP contribution < -0.4 is 5.73 Å². The monoisotopic (exact) mass is 283 g/mol. The molecule has 1 heterocycles. The average molecular weight is 284 g/mol. The zero-order chi connectivity index (χ0) is 13.9. The van der Waals surface area contributed by atoms with Crippen molar-refractivity contribution in [1.29, 1.82) is 0 Å². The maximum atomic E-state index is 6.23. The molecule has 0 fully saturated rings. The van der Waals surface area contributed by atoms with Crippen molar-refractivity contribution < 1.29 is 0 Å². The minimum atomic E-state index is -0.218. The van der Waals surface area contributed by atoms with Crippen LogP contribution in [0, 0.1) is 0 Å². The molecular weight excluding hydrogens is 270 g/mol. The summed E-state index contributed by atoms with van der Waals surface area (Å²) < 4.78 is 1.80. The fourth-order valence-corrected chi connectivity index (χ4v) is 2.20. The van der Waals surface area contributed by atoms with Gasteiger partial charge in [0.15, 0.2) is 0 Å². The first-order valence-electron chi connectivity index (χ1n) is 6.36. The van der Waals surface area contributed by atoms with Gasteiger partial charge in [0.2, 0.25) is 0 Å². The number of aromatic nitrogens is 2. The van der Waals surface area contributed by atoms with Crippen LogP contribution in [0.15, 0.2) is 66.9 Å². The molecule has 1 aromatic heterocycles. The lowest BCUT2D eigenvalue weighted by Gasteiger charge is -2.08. The van der Waals surface area contributed by atoms with Crippen LogP contribution in [0.4, 0.5) is 0 Å². The van der Waals surface area contributed by atoms with Crippen LogP contribution in [0.2, 0.25) is 5.02 Å². The Hall–Kier alpha value is -2.10. The normalized spacial score (nSPS) is 12.3. The molecular formula is C16H14ClN3. The van der Waals surface area contributed by atoms with E-state index in [1.807, 2.05) is 66.9 Å². The third kappa shape index (κ3) is 2.59. The predicted octanol–water partition coefficient (Wildman–Crippen LogP) is 3.57. The first-order valence-corrected chi connectivity index (χ1v) is 6.74. The van der Waals surface area contributed by atoms with Crippen molar-refractivity contribution in [3.8, 4) is 5.69 Å². The van der Waals surface area contributed by atoms with Crippen LogP contribution >= 0.6 is 11.6 Å². The molecule has 0 amide bonds. The van der Waals surface area contributed by atoms with Crippen molar-refractivity contribution in [2.75, 3.05) is 0 Å². The summed E-state index contributed by atoms with van der Waals surface area (Å²) in [4.78, 5) is 0. The molecule has 20 heavy (non-hydrogen) atoms. The lowest BCUT2D eigenvalue weighted by atomic mass is 10.1. The van der Waals surface area contributed by atoms with E-state index in [-0.39, 0.29) is 6.04 Å². The van der Waals surface area contributed by atoms with Gasteiger partial charge in [-0.25, -0.2) is 4.68 Å². The summed E-state index contributed by atoms with van der Waals surface area (Å²) in [7, 11) is 0. The summed E-state index contributed by atoms with van der Waals surface area (Å²) in [5.74, 6) is 0. The van der Waals surface area contributed by atoms with Gasteiger partial charge in [-0.15, -0.1) is 0 Å². The van der Waals surface area contributed by atoms with Gasteiger partial charge < -0.3 is 5.73 Å². The molecule has 4 heteroatoms. The summed E-state index contributed by atoms with van der Waals surface area (Å²) in [5, 5.41) is 5.25. The Morgan fingerprint density at radius 1 is 0.950 bits per heavy atom. The molecule has 0 bridgehead atoms. The van der Waals surface area contributed by atoms with Gasteiger partial charge in [-0.1, -0.05) is 41.9 Å². The Bertz CT molecular complexity index is 689. The molecule has 3 aromatic rings. The molecule has 0 spiro atoms. The number of nitrogens with zero attached hydrogens (tertiary/aromatic N) is 2. The third-order valence-electron chi connectivity index (χ3n) is 3.18. The fourth-order valence-electron chi connectivity index (χ4n) is 2.07. The van der Waals surface area contributed by atoms with Gasteiger partial charge >= 0.3 is 0 Å². The van der Waals surface area contributed by atoms with Gasteiger partial charge in [-0.05, 0) is 35.9 Å². The molecule has 2 N–H and O–H groups in total. The van der Waals surface area contributed by atoms with Gasteiger partial charge in [0.1, 0.15) is 0 Å². The van der Waals surface area contributed by atoms with E-state index in [9.17, 15) is 0 Å². The van der Waals surface area contributed by atoms with E-state index in [0.717, 1.165) is 16.9 Å². The smallest absolute Gasteiger partial charge is 0.0841 e. The molecule has 100 valence electrons. The Morgan fingerprint density at radius 2 is 1.65 bits per heavy atom. The van der Waals surface area contributed by atoms with Crippen molar-refractivity contribution in [3.63, 3.8) is 0 Å². The van der Waals surface area contributed by atoms with Gasteiger partial charge in [0, 0.05) is 11.2 Å². The van der Waals surface area contributed by atoms with Crippen molar-refractivity contribution in [2.24, 2.45) is 5.73 Å². The number of nitrogens with two attached hydrogens (primary N) is 1. The lowest BCUT2D eigenvalue weighted by molar-refractivity contribution is 0.773. The first-order chi connectivity index (χ1) is 9.74. The second kappa shape index (κ2) is 5.49. The van der Waals surface area contributed by atoms with Crippen molar-refractivity contribution in [1.82, 2.24) is 9.78 Å². The molecule has 0 aliphatic rings. The molecule has 0 radical (unpaired) electrons. The fraction of sp³-hybridized carbons (Fsp3) is 0.0625. The minimum absolute atomic E-state index is 0.218. The highest BCUT2D eigenvalue weighted by Crippen LogP contribution is 2.19. The SMILES string of the molecule is NC(c1ccccc1)c1ccn(-c2ccc(Cl)cc2)n1. The molecule has 3 rings (SSSR count). The number of rotatable bonds is 3. The van der Waals surface area contributed by atoms with E-state index in [4.69, 9.17) is 17.3 Å². The molecule has 0 saturated heterocycles. The zero-order valence-corrected chi connectivity index (χ0v) is 11.5. The van der Waals surface area contributed by atoms with E-state index >= 15 is 0 Å². The molecule has 0 saturated carbocycles. The highest BCUT2D eigenvalue weighted by molar-refractivity contribution is 6.30. The van der Waals surface area contributed by atoms with Crippen LogP contribution in [0.3, 0.4) is 0 Å². The lowest BCUT2D eigenvalue weighted by Crippen LogP contribution is -2.12. The van der Waals surface area contributed by atoms with Gasteiger partial charge in [-0.3, -0.25) is 0 Å². The molecule has 1 unspecified atom stereocenters. The van der Waals surface area contributed by atoms with Crippen LogP contribution in [-0.4, -0.2) is 9.78 Å². The summed E-state index contributed by atoms with van der Waals surface area (Å²) in [6.45, 7) is 0. The van der Waals surface area contributed by atoms with Crippen LogP contribution in [-0.2, 0) is 0 Å². The third-order valence-corrected chi connectivity index (χ3v) is 3.43. The standard InChI is InChI=1S/C16H14ClN3/c17-13-6-8-14(9-7-13)20-11-10-15(19-20)16(18)12-4-2-1-3-5-12/h1-11,16H,18H2. The van der Waals surface area contributed by atoms with Crippen molar-refractivity contribution in [2.45, 2.75) is 6.04 Å². The average Bonchev–Trinajstić information content (AvgIpc) is 2.98. The Morgan fingerprint density at radius 3 is 2.35 bits per heavy atom. The van der Waals surface area contributed by atoms with E-state index in [1.165, 1.54) is 0 Å². The van der Waals surface area contributed by atoms with Crippen molar-refractivity contribution in [3.05, 3.63) is 83.1 Å². The largest absolute Gasteiger partial charge is 0.319 e. The predicted molar refractivity (Wildman–Crippen MR) is 81.0 cm³/mol. The van der Waals surface area contributed by atoms with Gasteiger partial charge in [0.05, 0.1) is 17.4 Å². The second-order valence-electron chi connectivity index (χ2n) is 4.55. The number of hydrogen-bond donors (Lipinski definition) is 1. The molecule has 1 atom stereocenters. The van der Waals surface area contributed by atoms with E-state index in [2.05, 4.69) is 5.10 Å². The molecule has 0 aliphatic carbocycles. The first kappa shape index (κ1) is 12.9. The van der Waals surface area contributed by atoms with Crippen molar-refractivity contribution >= 4 is 11.6 Å². The van der Waals surface area contributed by atoms with Crippen LogP contribution in [0.25, 0.3) is 5.69 Å².